The van der Waals surface area contributed by atoms with Gasteiger partial charge in [0.05, 0.1) is 6.07 Å². The Kier molecular flexibility index (Phi) is 2.23. The van der Waals surface area contributed by atoms with E-state index in [0.29, 0.717) is 6.54 Å². The summed E-state index contributed by atoms with van der Waals surface area (Å²) in [7, 11) is 0. The average molecular weight is 214 g/mol. The molecular weight excluding hydrogens is 200 g/mol. The SMILES string of the molecule is CC1(C)CNC(=O)C1(C#N)c1ccccc1. The van der Waals surface area contributed by atoms with Gasteiger partial charge in [0.15, 0.2) is 5.41 Å². The Morgan fingerprint density at radius 2 is 1.94 bits per heavy atom. The van der Waals surface area contributed by atoms with Gasteiger partial charge < -0.3 is 5.32 Å². The fourth-order valence-electron chi connectivity index (χ4n) is 2.35. The van der Waals surface area contributed by atoms with E-state index in [0.717, 1.165) is 5.56 Å². The van der Waals surface area contributed by atoms with Crippen LogP contribution >= 0.6 is 0 Å². The topological polar surface area (TPSA) is 52.9 Å². The van der Waals surface area contributed by atoms with Crippen LogP contribution in [0.25, 0.3) is 0 Å². The van der Waals surface area contributed by atoms with Crippen molar-refractivity contribution in [1.82, 2.24) is 5.32 Å². The fourth-order valence-corrected chi connectivity index (χ4v) is 2.35. The normalized spacial score (nSPS) is 27.2. The number of benzene rings is 1. The molecular formula is C13H14N2O. The first-order valence-corrected chi connectivity index (χ1v) is 5.30. The zero-order chi connectivity index (χ0) is 11.8. The minimum Gasteiger partial charge on any atom is -0.354 e. The molecule has 1 saturated heterocycles. The van der Waals surface area contributed by atoms with Crippen molar-refractivity contribution >= 4 is 5.91 Å². The van der Waals surface area contributed by atoms with E-state index in [9.17, 15) is 10.1 Å². The number of amides is 1. The maximum atomic E-state index is 12.0. The molecule has 0 bridgehead atoms. The molecule has 1 N–H and O–H groups in total. The average Bonchev–Trinajstić information content (AvgIpc) is 2.52. The summed E-state index contributed by atoms with van der Waals surface area (Å²) in [5.41, 5.74) is -0.674. The lowest BCUT2D eigenvalue weighted by Gasteiger charge is -2.32. The number of hydrogen-bond donors (Lipinski definition) is 1. The Labute approximate surface area is 95.1 Å². The molecule has 82 valence electrons. The summed E-state index contributed by atoms with van der Waals surface area (Å²) >= 11 is 0. The maximum Gasteiger partial charge on any atom is 0.245 e. The summed E-state index contributed by atoms with van der Waals surface area (Å²) in [4.78, 5) is 12.0. The third-order valence-corrected chi connectivity index (χ3v) is 3.42. The van der Waals surface area contributed by atoms with Crippen LogP contribution in [0.15, 0.2) is 30.3 Å². The fraction of sp³-hybridized carbons (Fsp3) is 0.385. The minimum atomic E-state index is -1.06. The highest BCUT2D eigenvalue weighted by molar-refractivity contribution is 5.94. The molecule has 1 aliphatic rings. The van der Waals surface area contributed by atoms with E-state index in [2.05, 4.69) is 11.4 Å². The monoisotopic (exact) mass is 214 g/mol. The highest BCUT2D eigenvalue weighted by Crippen LogP contribution is 2.44. The van der Waals surface area contributed by atoms with Crippen molar-refractivity contribution < 1.29 is 4.79 Å². The highest BCUT2D eigenvalue weighted by atomic mass is 16.2. The van der Waals surface area contributed by atoms with Gasteiger partial charge >= 0.3 is 0 Å². The van der Waals surface area contributed by atoms with Crippen molar-refractivity contribution in [1.29, 1.82) is 5.26 Å². The third-order valence-electron chi connectivity index (χ3n) is 3.42. The van der Waals surface area contributed by atoms with Gasteiger partial charge in [-0.25, -0.2) is 0 Å². The molecule has 0 spiro atoms. The van der Waals surface area contributed by atoms with E-state index in [1.54, 1.807) is 0 Å². The van der Waals surface area contributed by atoms with Crippen molar-refractivity contribution in [2.75, 3.05) is 6.54 Å². The third kappa shape index (κ3) is 1.16. The second-order valence-corrected chi connectivity index (χ2v) is 4.79. The van der Waals surface area contributed by atoms with E-state index in [1.165, 1.54) is 0 Å². The van der Waals surface area contributed by atoms with Gasteiger partial charge in [-0.3, -0.25) is 4.79 Å². The van der Waals surface area contributed by atoms with Gasteiger partial charge in [-0.1, -0.05) is 44.2 Å². The highest BCUT2D eigenvalue weighted by Gasteiger charge is 2.57. The van der Waals surface area contributed by atoms with Gasteiger partial charge in [-0.2, -0.15) is 5.26 Å². The van der Waals surface area contributed by atoms with E-state index in [1.807, 2.05) is 44.2 Å². The Bertz CT molecular complexity index is 459. The molecule has 1 heterocycles. The zero-order valence-electron chi connectivity index (χ0n) is 9.45. The summed E-state index contributed by atoms with van der Waals surface area (Å²) < 4.78 is 0. The first-order valence-electron chi connectivity index (χ1n) is 5.30. The Hall–Kier alpha value is -1.82. The molecule has 3 heteroatoms. The smallest absolute Gasteiger partial charge is 0.245 e. The second kappa shape index (κ2) is 3.34. The quantitative estimate of drug-likeness (QED) is 0.772. The van der Waals surface area contributed by atoms with Gasteiger partial charge in [0, 0.05) is 12.0 Å². The van der Waals surface area contributed by atoms with Crippen LogP contribution in [0.1, 0.15) is 19.4 Å². The first kappa shape index (κ1) is 10.7. The van der Waals surface area contributed by atoms with Crippen molar-refractivity contribution in [3.8, 4) is 6.07 Å². The maximum absolute atomic E-state index is 12.0. The number of nitrogens with one attached hydrogen (secondary N) is 1. The summed E-state index contributed by atoms with van der Waals surface area (Å²) in [6.07, 6.45) is 0. The molecule has 0 radical (unpaired) electrons. The molecule has 1 unspecified atom stereocenters. The lowest BCUT2D eigenvalue weighted by molar-refractivity contribution is -0.123. The van der Waals surface area contributed by atoms with Gasteiger partial charge in [0.1, 0.15) is 0 Å². The van der Waals surface area contributed by atoms with Crippen LogP contribution in [0.2, 0.25) is 0 Å². The number of rotatable bonds is 1. The summed E-state index contributed by atoms with van der Waals surface area (Å²) in [5, 5.41) is 12.3. The minimum absolute atomic E-state index is 0.189. The number of carbonyl (C=O) groups is 1. The molecule has 3 nitrogen and oxygen atoms in total. The van der Waals surface area contributed by atoms with Crippen molar-refractivity contribution in [3.05, 3.63) is 35.9 Å². The van der Waals surface area contributed by atoms with Crippen molar-refractivity contribution in [3.63, 3.8) is 0 Å². The van der Waals surface area contributed by atoms with Gasteiger partial charge in [0.2, 0.25) is 5.91 Å². The molecule has 1 aliphatic heterocycles. The second-order valence-electron chi connectivity index (χ2n) is 4.79. The van der Waals surface area contributed by atoms with Crippen LogP contribution < -0.4 is 5.32 Å². The van der Waals surface area contributed by atoms with Crippen LogP contribution in [0, 0.1) is 16.7 Å². The van der Waals surface area contributed by atoms with Crippen LogP contribution in [-0.4, -0.2) is 12.5 Å². The standard InChI is InChI=1S/C13H14N2O/c1-12(2)9-15-11(16)13(12,8-14)10-6-4-3-5-7-10/h3-7H,9H2,1-2H3,(H,15,16). The Morgan fingerprint density at radius 3 is 2.38 bits per heavy atom. The predicted molar refractivity (Wildman–Crippen MR) is 60.5 cm³/mol. The Balaban J connectivity index is 2.65. The summed E-state index contributed by atoms with van der Waals surface area (Å²) in [6, 6.07) is 11.5. The number of carbonyl (C=O) groups excluding carboxylic acids is 1. The van der Waals surface area contributed by atoms with Crippen LogP contribution in [0.5, 0.6) is 0 Å². The number of nitrogens with zero attached hydrogens (tertiary/aromatic N) is 1. The van der Waals surface area contributed by atoms with Gasteiger partial charge in [-0.15, -0.1) is 0 Å². The molecule has 1 aromatic carbocycles. The molecule has 1 amide bonds. The van der Waals surface area contributed by atoms with E-state index < -0.39 is 5.41 Å². The molecule has 16 heavy (non-hydrogen) atoms. The summed E-state index contributed by atoms with van der Waals surface area (Å²) in [5.74, 6) is -0.189. The van der Waals surface area contributed by atoms with Gasteiger partial charge in [0.25, 0.3) is 0 Å². The van der Waals surface area contributed by atoms with Crippen molar-refractivity contribution in [2.24, 2.45) is 5.41 Å². The van der Waals surface area contributed by atoms with Crippen LogP contribution in [0.3, 0.4) is 0 Å². The van der Waals surface area contributed by atoms with E-state index >= 15 is 0 Å². The first-order chi connectivity index (χ1) is 7.54. The molecule has 2 rings (SSSR count). The van der Waals surface area contributed by atoms with E-state index in [-0.39, 0.29) is 11.3 Å². The largest absolute Gasteiger partial charge is 0.354 e. The molecule has 1 fully saturated rings. The molecule has 0 saturated carbocycles. The van der Waals surface area contributed by atoms with Crippen molar-refractivity contribution in [2.45, 2.75) is 19.3 Å². The number of nitriles is 1. The summed E-state index contributed by atoms with van der Waals surface area (Å²) in [6.45, 7) is 4.43. The Morgan fingerprint density at radius 1 is 1.31 bits per heavy atom. The van der Waals surface area contributed by atoms with Crippen LogP contribution in [-0.2, 0) is 10.2 Å². The molecule has 0 aliphatic carbocycles. The van der Waals surface area contributed by atoms with E-state index in [4.69, 9.17) is 0 Å². The predicted octanol–water partition coefficient (Wildman–Crippen LogP) is 1.60. The van der Waals surface area contributed by atoms with Gasteiger partial charge in [-0.05, 0) is 5.56 Å². The molecule has 1 atom stereocenters. The lowest BCUT2D eigenvalue weighted by Crippen LogP contribution is -2.43. The molecule has 0 aromatic heterocycles. The number of hydrogen-bond acceptors (Lipinski definition) is 2. The molecule has 1 aromatic rings. The van der Waals surface area contributed by atoms with Crippen LogP contribution in [0.4, 0.5) is 0 Å². The zero-order valence-corrected chi connectivity index (χ0v) is 9.45. The lowest BCUT2D eigenvalue weighted by atomic mass is 9.64.